The van der Waals surface area contributed by atoms with Crippen molar-refractivity contribution in [1.29, 1.82) is 0 Å². The van der Waals surface area contributed by atoms with Crippen LogP contribution < -0.4 is 10.1 Å². The molecule has 246 valence electrons. The molecule has 0 spiro atoms. The lowest BCUT2D eigenvalue weighted by Gasteiger charge is -2.29. The lowest BCUT2D eigenvalue weighted by Crippen LogP contribution is -2.31. The van der Waals surface area contributed by atoms with Crippen LogP contribution in [-0.2, 0) is 28.7 Å². The van der Waals surface area contributed by atoms with E-state index in [1.807, 2.05) is 60.7 Å². The molecule has 5 nitrogen and oxygen atoms in total. The Hall–Kier alpha value is -3.56. The molecule has 0 fully saturated rings. The van der Waals surface area contributed by atoms with Crippen LogP contribution in [0.5, 0.6) is 5.75 Å². The van der Waals surface area contributed by atoms with Gasteiger partial charge in [-0.25, -0.2) is 0 Å². The van der Waals surface area contributed by atoms with Crippen molar-refractivity contribution in [2.75, 3.05) is 40.0 Å². The predicted octanol–water partition coefficient (Wildman–Crippen LogP) is 8.19. The minimum Gasteiger partial charge on any atom is -0.494 e. The summed E-state index contributed by atoms with van der Waals surface area (Å²) in [4.78, 5) is 14.3. The number of rotatable bonds is 16. The molecule has 0 aliphatic rings. The van der Waals surface area contributed by atoms with Crippen molar-refractivity contribution in [3.63, 3.8) is 0 Å². The smallest absolute Gasteiger partial charge is 0.417 e. The van der Waals surface area contributed by atoms with E-state index in [1.165, 1.54) is 6.07 Å². The van der Waals surface area contributed by atoms with Crippen molar-refractivity contribution < 1.29 is 27.4 Å². The van der Waals surface area contributed by atoms with Crippen molar-refractivity contribution >= 4 is 29.9 Å². The van der Waals surface area contributed by atoms with Crippen molar-refractivity contribution in [3.05, 3.63) is 136 Å². The van der Waals surface area contributed by atoms with Crippen LogP contribution in [0.3, 0.4) is 0 Å². The Labute approximate surface area is 280 Å². The maximum atomic E-state index is 13.7. The van der Waals surface area contributed by atoms with Gasteiger partial charge in [-0.1, -0.05) is 96.5 Å². The number of benzene rings is 4. The largest absolute Gasteiger partial charge is 0.494 e. The first-order chi connectivity index (χ1) is 21.7. The van der Waals surface area contributed by atoms with Crippen LogP contribution in [0.25, 0.3) is 0 Å². The van der Waals surface area contributed by atoms with Crippen molar-refractivity contribution in [3.8, 4) is 5.75 Å². The van der Waals surface area contributed by atoms with Crippen molar-refractivity contribution in [2.24, 2.45) is 0 Å². The summed E-state index contributed by atoms with van der Waals surface area (Å²) in [6.45, 7) is 2.65. The average Bonchev–Trinajstić information content (AvgIpc) is 3.03. The second-order valence-corrected chi connectivity index (χ2v) is 11.1. The summed E-state index contributed by atoms with van der Waals surface area (Å²) < 4.78 is 52.0. The first kappa shape index (κ1) is 36.9. The van der Waals surface area contributed by atoms with E-state index < -0.39 is 11.7 Å². The van der Waals surface area contributed by atoms with Gasteiger partial charge in [0.2, 0.25) is 5.91 Å². The zero-order valence-electron chi connectivity index (χ0n) is 25.6. The molecular formula is C36H39Cl2F3N2O3. The van der Waals surface area contributed by atoms with Gasteiger partial charge in [-0.2, -0.15) is 13.2 Å². The van der Waals surface area contributed by atoms with Crippen molar-refractivity contribution in [1.82, 2.24) is 10.2 Å². The second-order valence-electron chi connectivity index (χ2n) is 10.8. The third-order valence-corrected chi connectivity index (χ3v) is 7.85. The third-order valence-electron chi connectivity index (χ3n) is 7.40. The Kier molecular flexibility index (Phi) is 14.9. The van der Waals surface area contributed by atoms with Crippen LogP contribution in [0.1, 0.15) is 40.2 Å². The van der Waals surface area contributed by atoms with Gasteiger partial charge in [0.1, 0.15) is 5.75 Å². The van der Waals surface area contributed by atoms with Crippen LogP contribution >= 0.6 is 24.0 Å². The molecule has 10 heteroatoms. The number of hydrogen-bond donors (Lipinski definition) is 1. The fraction of sp³-hybridized carbons (Fsp3) is 0.306. The van der Waals surface area contributed by atoms with Gasteiger partial charge in [0.15, 0.2) is 0 Å². The number of nitrogens with one attached hydrogen (secondary N) is 1. The maximum absolute atomic E-state index is 13.7. The molecule has 0 unspecified atom stereocenters. The van der Waals surface area contributed by atoms with Gasteiger partial charge in [-0.15, -0.1) is 12.4 Å². The molecule has 0 atom stereocenters. The molecule has 0 saturated carbocycles. The molecular weight excluding hydrogens is 636 g/mol. The number of alkyl halides is 3. The molecule has 0 radical (unpaired) electrons. The van der Waals surface area contributed by atoms with Gasteiger partial charge >= 0.3 is 6.18 Å². The van der Waals surface area contributed by atoms with Crippen LogP contribution in [0.2, 0.25) is 5.02 Å². The van der Waals surface area contributed by atoms with Crippen molar-refractivity contribution in [2.45, 2.75) is 31.5 Å². The summed E-state index contributed by atoms with van der Waals surface area (Å²) in [7, 11) is 1.58. The Balaban J connectivity index is 0.00000576. The molecule has 1 amide bonds. The molecule has 0 aliphatic heterocycles. The minimum absolute atomic E-state index is 0. The third kappa shape index (κ3) is 11.4. The maximum Gasteiger partial charge on any atom is 0.417 e. The number of amides is 1. The molecule has 4 rings (SSSR count). The van der Waals surface area contributed by atoms with E-state index in [4.69, 9.17) is 21.1 Å². The van der Waals surface area contributed by atoms with E-state index in [0.29, 0.717) is 50.6 Å². The van der Waals surface area contributed by atoms with E-state index in [9.17, 15) is 18.0 Å². The first-order valence-electron chi connectivity index (χ1n) is 14.9. The quantitative estimate of drug-likeness (QED) is 0.122. The summed E-state index contributed by atoms with van der Waals surface area (Å²) in [5.74, 6) is 0.542. The summed E-state index contributed by atoms with van der Waals surface area (Å²) in [6.07, 6.45) is -3.69. The Morgan fingerprint density at radius 3 is 2.17 bits per heavy atom. The Morgan fingerprint density at radius 2 is 1.54 bits per heavy atom. The Morgan fingerprint density at radius 1 is 0.891 bits per heavy atom. The fourth-order valence-corrected chi connectivity index (χ4v) is 5.49. The van der Waals surface area contributed by atoms with E-state index in [1.54, 1.807) is 13.2 Å². The minimum atomic E-state index is -4.54. The number of carbonyl (C=O) groups is 1. The van der Waals surface area contributed by atoms with Crippen LogP contribution in [-0.4, -0.2) is 50.8 Å². The van der Waals surface area contributed by atoms with E-state index >= 15 is 0 Å². The lowest BCUT2D eigenvalue weighted by molar-refractivity contribution is -0.137. The number of nitrogens with zero attached hydrogens (tertiary/aromatic N) is 1. The Bertz CT molecular complexity index is 1450. The molecule has 1 N–H and O–H groups in total. The molecule has 4 aromatic rings. The van der Waals surface area contributed by atoms with E-state index in [-0.39, 0.29) is 42.2 Å². The van der Waals surface area contributed by atoms with E-state index in [2.05, 4.69) is 34.5 Å². The monoisotopic (exact) mass is 674 g/mol. The summed E-state index contributed by atoms with van der Waals surface area (Å²) >= 11 is 6.33. The molecule has 0 heterocycles. The normalized spacial score (nSPS) is 11.4. The summed E-state index contributed by atoms with van der Waals surface area (Å²) in [6, 6.07) is 31.6. The lowest BCUT2D eigenvalue weighted by atomic mass is 9.90. The van der Waals surface area contributed by atoms with Gasteiger partial charge in [-0.05, 0) is 46.9 Å². The van der Waals surface area contributed by atoms with Gasteiger partial charge < -0.3 is 14.8 Å². The molecule has 0 saturated heterocycles. The molecule has 46 heavy (non-hydrogen) atoms. The highest BCUT2D eigenvalue weighted by Gasteiger charge is 2.34. The van der Waals surface area contributed by atoms with Crippen LogP contribution in [0.4, 0.5) is 13.2 Å². The standard InChI is InChI=1S/C36H38ClF3N2O3.ClH/c1-44-22-19-41-34(43)24-27-11-8-17-31(23-27)45-21-10-20-42(25-30-16-9-18-33(35(30)37)36(38,39)40)26-32(28-12-4-2-5-13-28)29-14-6-3-7-15-29;/h2-9,11-18,23,32H,10,19-22,24-26H2,1H3,(H,41,43);1H. The first-order valence-corrected chi connectivity index (χ1v) is 15.3. The number of hydrogen-bond acceptors (Lipinski definition) is 4. The SMILES string of the molecule is COCCNC(=O)Cc1cccc(OCCCN(Cc2cccc(C(F)(F)F)c2Cl)CC(c2ccccc2)c2ccccc2)c1.Cl. The highest BCUT2D eigenvalue weighted by molar-refractivity contribution is 6.32. The average molecular weight is 676 g/mol. The summed E-state index contributed by atoms with van der Waals surface area (Å²) in [5, 5.41) is 2.54. The zero-order valence-corrected chi connectivity index (χ0v) is 27.2. The van der Waals surface area contributed by atoms with Gasteiger partial charge in [0, 0.05) is 39.2 Å². The molecule has 0 aliphatic carbocycles. The van der Waals surface area contributed by atoms with Gasteiger partial charge in [0.25, 0.3) is 0 Å². The van der Waals surface area contributed by atoms with Gasteiger partial charge in [0.05, 0.1) is 30.2 Å². The topological polar surface area (TPSA) is 50.8 Å². The van der Waals surface area contributed by atoms with Crippen LogP contribution in [0, 0.1) is 0 Å². The summed E-state index contributed by atoms with van der Waals surface area (Å²) in [5.41, 5.74) is 2.65. The van der Waals surface area contributed by atoms with Crippen LogP contribution in [0.15, 0.2) is 103 Å². The molecule has 4 aromatic carbocycles. The highest BCUT2D eigenvalue weighted by atomic mass is 35.5. The molecule has 0 bridgehead atoms. The number of methoxy groups -OCH3 is 1. The highest BCUT2D eigenvalue weighted by Crippen LogP contribution is 2.37. The number of halogens is 5. The van der Waals surface area contributed by atoms with E-state index in [0.717, 1.165) is 22.8 Å². The van der Waals surface area contributed by atoms with Gasteiger partial charge in [-0.3, -0.25) is 9.69 Å². The number of ether oxygens (including phenoxy) is 2. The predicted molar refractivity (Wildman–Crippen MR) is 179 cm³/mol. The second kappa shape index (κ2) is 18.6. The zero-order chi connectivity index (χ0) is 32.1. The molecule has 0 aromatic heterocycles. The fourth-order valence-electron chi connectivity index (χ4n) is 5.19. The number of carbonyl (C=O) groups excluding carboxylic acids is 1.